The van der Waals surface area contributed by atoms with Gasteiger partial charge in [0.15, 0.2) is 0 Å². The number of anilines is 1. The third kappa shape index (κ3) is 4.56. The lowest BCUT2D eigenvalue weighted by Gasteiger charge is -2.22. The van der Waals surface area contributed by atoms with Crippen LogP contribution < -0.4 is 10.2 Å². The molecule has 4 nitrogen and oxygen atoms in total. The predicted molar refractivity (Wildman–Crippen MR) is 96.0 cm³/mol. The maximum atomic E-state index is 12.1. The van der Waals surface area contributed by atoms with Crippen LogP contribution in [0.5, 0.6) is 0 Å². The molecule has 0 heterocycles. The van der Waals surface area contributed by atoms with Crippen LogP contribution in [-0.2, 0) is 4.79 Å². The Hall–Kier alpha value is -1.85. The molecule has 0 aliphatic heterocycles. The molecule has 2 aromatic carbocycles. The molecule has 2 aromatic rings. The maximum Gasteiger partial charge on any atom is 0.252 e. The molecule has 120 valence electrons. The summed E-state index contributed by atoms with van der Waals surface area (Å²) in [6.07, 6.45) is 0. The molecule has 23 heavy (non-hydrogen) atoms. The minimum Gasteiger partial charge on any atom is -0.350 e. The van der Waals surface area contributed by atoms with E-state index in [4.69, 9.17) is 11.6 Å². The molecular weight excluding hydrogens is 380 g/mol. The summed E-state index contributed by atoms with van der Waals surface area (Å²) in [7, 11) is 0. The van der Waals surface area contributed by atoms with E-state index in [0.29, 0.717) is 23.7 Å². The number of halogens is 2. The van der Waals surface area contributed by atoms with Crippen molar-refractivity contribution >= 4 is 45.0 Å². The smallest absolute Gasteiger partial charge is 0.252 e. The zero-order chi connectivity index (χ0) is 16.8. The molecule has 0 fully saturated rings. The Bertz CT molecular complexity index is 721. The number of nitrogens with one attached hydrogen (secondary N) is 1. The van der Waals surface area contributed by atoms with E-state index in [1.807, 2.05) is 24.3 Å². The fraction of sp³-hybridized carbons (Fsp3) is 0.176. The highest BCUT2D eigenvalue weighted by molar-refractivity contribution is 9.10. The molecule has 0 spiro atoms. The van der Waals surface area contributed by atoms with E-state index in [0.717, 1.165) is 10.2 Å². The van der Waals surface area contributed by atoms with Gasteiger partial charge in [-0.25, -0.2) is 0 Å². The number of hydrogen-bond donors (Lipinski definition) is 1. The van der Waals surface area contributed by atoms with Gasteiger partial charge in [0.2, 0.25) is 5.91 Å². The molecule has 0 aliphatic rings. The van der Waals surface area contributed by atoms with E-state index in [9.17, 15) is 9.59 Å². The second-order valence-electron chi connectivity index (χ2n) is 4.86. The Morgan fingerprint density at radius 2 is 1.78 bits per heavy atom. The zero-order valence-corrected chi connectivity index (χ0v) is 14.9. The summed E-state index contributed by atoms with van der Waals surface area (Å²) in [4.78, 5) is 25.6. The van der Waals surface area contributed by atoms with E-state index in [1.54, 1.807) is 29.2 Å². The fourth-order valence-electron chi connectivity index (χ4n) is 2.14. The molecule has 2 amide bonds. The van der Waals surface area contributed by atoms with Gasteiger partial charge < -0.3 is 10.2 Å². The van der Waals surface area contributed by atoms with Gasteiger partial charge in [-0.15, -0.1) is 0 Å². The molecule has 0 radical (unpaired) electrons. The molecule has 6 heteroatoms. The Kier molecular flexibility index (Phi) is 6.19. The lowest BCUT2D eigenvalue weighted by molar-refractivity contribution is -0.116. The quantitative estimate of drug-likeness (QED) is 0.835. The summed E-state index contributed by atoms with van der Waals surface area (Å²) in [5.41, 5.74) is 1.19. The van der Waals surface area contributed by atoms with Crippen molar-refractivity contribution in [1.82, 2.24) is 5.32 Å². The van der Waals surface area contributed by atoms with Gasteiger partial charge in [0.25, 0.3) is 5.91 Å². The van der Waals surface area contributed by atoms with Crippen LogP contribution in [0.3, 0.4) is 0 Å². The second-order valence-corrected chi connectivity index (χ2v) is 6.12. The summed E-state index contributed by atoms with van der Waals surface area (Å²) in [6, 6.07) is 14.3. The Morgan fingerprint density at radius 1 is 1.13 bits per heavy atom. The van der Waals surface area contributed by atoms with Crippen LogP contribution >= 0.6 is 27.5 Å². The molecular formula is C17H16BrClN2O2. The summed E-state index contributed by atoms with van der Waals surface area (Å²) in [5, 5.41) is 3.18. The highest BCUT2D eigenvalue weighted by Crippen LogP contribution is 2.25. The molecule has 2 rings (SSSR count). The first kappa shape index (κ1) is 17.5. The van der Waals surface area contributed by atoms with Gasteiger partial charge in [-0.2, -0.15) is 0 Å². The van der Waals surface area contributed by atoms with Crippen LogP contribution in [0.25, 0.3) is 0 Å². The van der Waals surface area contributed by atoms with Crippen molar-refractivity contribution in [2.45, 2.75) is 6.92 Å². The standard InChI is InChI=1S/C17H16BrClN2O2/c1-12(22)21(16-9-5-3-7-14(16)18)11-10-20-17(23)13-6-2-4-8-15(13)19/h2-9H,10-11H2,1H3,(H,20,23). The number of nitrogens with zero attached hydrogens (tertiary/aromatic N) is 1. The van der Waals surface area contributed by atoms with Crippen LogP contribution in [0, 0.1) is 0 Å². The van der Waals surface area contributed by atoms with Crippen LogP contribution in [0.4, 0.5) is 5.69 Å². The lowest BCUT2D eigenvalue weighted by Crippen LogP contribution is -2.37. The minimum absolute atomic E-state index is 0.0936. The van der Waals surface area contributed by atoms with E-state index < -0.39 is 0 Å². The summed E-state index contributed by atoms with van der Waals surface area (Å²) in [6.45, 7) is 2.19. The van der Waals surface area contributed by atoms with Gasteiger partial charge in [-0.05, 0) is 40.2 Å². The summed E-state index contributed by atoms with van der Waals surface area (Å²) < 4.78 is 0.827. The fourth-order valence-corrected chi connectivity index (χ4v) is 2.86. The molecule has 0 atom stereocenters. The summed E-state index contributed by atoms with van der Waals surface area (Å²) in [5.74, 6) is -0.352. The van der Waals surface area contributed by atoms with E-state index in [1.165, 1.54) is 6.92 Å². The monoisotopic (exact) mass is 394 g/mol. The van der Waals surface area contributed by atoms with Crippen LogP contribution in [-0.4, -0.2) is 24.9 Å². The van der Waals surface area contributed by atoms with Crippen molar-refractivity contribution in [2.24, 2.45) is 0 Å². The van der Waals surface area contributed by atoms with E-state index in [-0.39, 0.29) is 11.8 Å². The van der Waals surface area contributed by atoms with Gasteiger partial charge in [-0.3, -0.25) is 9.59 Å². The molecule has 0 unspecified atom stereocenters. The minimum atomic E-state index is -0.258. The third-order valence-corrected chi connectivity index (χ3v) is 4.26. The molecule has 1 N–H and O–H groups in total. The van der Waals surface area contributed by atoms with Crippen molar-refractivity contribution in [2.75, 3.05) is 18.0 Å². The predicted octanol–water partition coefficient (Wildman–Crippen LogP) is 3.89. The largest absolute Gasteiger partial charge is 0.350 e. The molecule has 0 aliphatic carbocycles. The Labute approximate surface area is 148 Å². The molecule has 0 bridgehead atoms. The normalized spacial score (nSPS) is 10.2. The number of amides is 2. The number of carbonyl (C=O) groups excluding carboxylic acids is 2. The Balaban J connectivity index is 2.01. The van der Waals surface area contributed by atoms with Gasteiger partial charge in [0, 0.05) is 24.5 Å². The number of rotatable bonds is 5. The van der Waals surface area contributed by atoms with Crippen molar-refractivity contribution in [3.63, 3.8) is 0 Å². The van der Waals surface area contributed by atoms with Crippen molar-refractivity contribution in [3.8, 4) is 0 Å². The van der Waals surface area contributed by atoms with E-state index in [2.05, 4.69) is 21.2 Å². The van der Waals surface area contributed by atoms with Gasteiger partial charge in [-0.1, -0.05) is 35.9 Å². The first-order chi connectivity index (χ1) is 11.0. The number of para-hydroxylation sites is 1. The van der Waals surface area contributed by atoms with Gasteiger partial charge in [0.05, 0.1) is 16.3 Å². The first-order valence-electron chi connectivity index (χ1n) is 7.06. The number of hydrogen-bond acceptors (Lipinski definition) is 2. The van der Waals surface area contributed by atoms with Crippen molar-refractivity contribution < 1.29 is 9.59 Å². The molecule has 0 saturated heterocycles. The lowest BCUT2D eigenvalue weighted by atomic mass is 10.2. The van der Waals surface area contributed by atoms with Crippen molar-refractivity contribution in [1.29, 1.82) is 0 Å². The number of carbonyl (C=O) groups is 2. The third-order valence-electron chi connectivity index (χ3n) is 3.26. The maximum absolute atomic E-state index is 12.1. The highest BCUT2D eigenvalue weighted by Gasteiger charge is 2.15. The van der Waals surface area contributed by atoms with Crippen LogP contribution in [0.1, 0.15) is 17.3 Å². The zero-order valence-electron chi connectivity index (χ0n) is 12.6. The van der Waals surface area contributed by atoms with Gasteiger partial charge >= 0.3 is 0 Å². The van der Waals surface area contributed by atoms with Crippen LogP contribution in [0.2, 0.25) is 5.02 Å². The van der Waals surface area contributed by atoms with Crippen molar-refractivity contribution in [3.05, 3.63) is 63.6 Å². The first-order valence-corrected chi connectivity index (χ1v) is 8.23. The highest BCUT2D eigenvalue weighted by atomic mass is 79.9. The average molecular weight is 396 g/mol. The molecule has 0 saturated carbocycles. The SMILES string of the molecule is CC(=O)N(CCNC(=O)c1ccccc1Cl)c1ccccc1Br. The molecule has 0 aromatic heterocycles. The second kappa shape index (κ2) is 8.13. The number of benzene rings is 2. The summed E-state index contributed by atoms with van der Waals surface area (Å²) >= 11 is 9.43. The topological polar surface area (TPSA) is 49.4 Å². The Morgan fingerprint density at radius 3 is 2.43 bits per heavy atom. The average Bonchev–Trinajstić information content (AvgIpc) is 2.52. The van der Waals surface area contributed by atoms with Gasteiger partial charge in [0.1, 0.15) is 0 Å². The van der Waals surface area contributed by atoms with E-state index >= 15 is 0 Å². The van der Waals surface area contributed by atoms with Crippen LogP contribution in [0.15, 0.2) is 53.0 Å².